The van der Waals surface area contributed by atoms with Crippen molar-refractivity contribution in [2.75, 3.05) is 0 Å². The summed E-state index contributed by atoms with van der Waals surface area (Å²) >= 11 is 0. The number of hydrogen-bond donors (Lipinski definition) is 0. The predicted octanol–water partition coefficient (Wildman–Crippen LogP) is 5.74. The van der Waals surface area contributed by atoms with Gasteiger partial charge >= 0.3 is 0 Å². The molecule has 0 bridgehead atoms. The van der Waals surface area contributed by atoms with E-state index in [-0.39, 0.29) is 5.78 Å². The highest BCUT2D eigenvalue weighted by Gasteiger charge is 2.13. The summed E-state index contributed by atoms with van der Waals surface area (Å²) in [4.78, 5) is 12.6. The minimum absolute atomic E-state index is 0.0632. The molecule has 23 heavy (non-hydrogen) atoms. The molecule has 0 N–H and O–H groups in total. The number of carbonyl (C=O) groups excluding carboxylic acids is 1. The second-order valence-corrected chi connectivity index (χ2v) is 5.45. The zero-order valence-electron chi connectivity index (χ0n) is 13.5. The maximum atomic E-state index is 12.6. The van der Waals surface area contributed by atoms with Crippen LogP contribution in [0.5, 0.6) is 11.5 Å². The van der Waals surface area contributed by atoms with Crippen molar-refractivity contribution in [3.05, 3.63) is 96.1 Å². The molecule has 2 nitrogen and oxygen atoms in total. The number of Topliss-reactive ketones (excluding diaryl/α,β-unsaturated/α-hetero) is 1. The van der Waals surface area contributed by atoms with Crippen LogP contribution in [-0.4, -0.2) is 5.78 Å². The van der Waals surface area contributed by atoms with Crippen molar-refractivity contribution in [2.24, 2.45) is 0 Å². The third-order valence-corrected chi connectivity index (χ3v) is 3.19. The molecule has 2 aromatic rings. The Morgan fingerprint density at radius 3 is 2.00 bits per heavy atom. The molecular weight excluding hydrogens is 284 g/mol. The number of ether oxygens (including phenoxy) is 1. The number of para-hydroxylation sites is 1. The highest BCUT2D eigenvalue weighted by Crippen LogP contribution is 2.23. The molecule has 0 aliphatic heterocycles. The van der Waals surface area contributed by atoms with Crippen LogP contribution in [0.15, 0.2) is 90.6 Å². The Balaban J connectivity index is 2.20. The average molecular weight is 304 g/mol. The number of allylic oxidation sites excluding steroid dienone is 4. The molecule has 0 amide bonds. The number of ketones is 1. The Morgan fingerprint density at radius 2 is 1.48 bits per heavy atom. The molecule has 0 atom stereocenters. The van der Waals surface area contributed by atoms with E-state index in [4.69, 9.17) is 4.74 Å². The quantitative estimate of drug-likeness (QED) is 0.386. The van der Waals surface area contributed by atoms with E-state index in [1.165, 1.54) is 0 Å². The van der Waals surface area contributed by atoms with Gasteiger partial charge in [0.1, 0.15) is 11.5 Å². The molecule has 0 spiro atoms. The lowest BCUT2D eigenvalue weighted by molar-refractivity contribution is 0.103. The van der Waals surface area contributed by atoms with E-state index in [1.807, 2.05) is 44.2 Å². The maximum absolute atomic E-state index is 12.6. The smallest absolute Gasteiger partial charge is 0.193 e. The fraction of sp³-hybridized carbons (Fsp3) is 0.0952. The summed E-state index contributed by atoms with van der Waals surface area (Å²) in [6.07, 6.45) is 1.76. The van der Waals surface area contributed by atoms with Gasteiger partial charge in [-0.3, -0.25) is 4.79 Å². The molecule has 0 heterocycles. The highest BCUT2D eigenvalue weighted by molar-refractivity contribution is 6.11. The van der Waals surface area contributed by atoms with Crippen LogP contribution >= 0.6 is 0 Å². The third kappa shape index (κ3) is 4.55. The van der Waals surface area contributed by atoms with E-state index in [2.05, 4.69) is 13.2 Å². The standard InChI is InChI=1S/C21H20O2/c1-15(2)14-20(16(3)4)21(22)17-10-12-19(13-11-17)23-18-8-6-5-7-9-18/h5-14H,1,3H2,2,4H3/b20-14+. The molecule has 0 saturated heterocycles. The molecule has 0 unspecified atom stereocenters. The summed E-state index contributed by atoms with van der Waals surface area (Å²) < 4.78 is 5.73. The van der Waals surface area contributed by atoms with E-state index in [9.17, 15) is 4.79 Å². The minimum Gasteiger partial charge on any atom is -0.457 e. The van der Waals surface area contributed by atoms with Gasteiger partial charge in [0.25, 0.3) is 0 Å². The lowest BCUT2D eigenvalue weighted by Gasteiger charge is -2.09. The van der Waals surface area contributed by atoms with Gasteiger partial charge in [-0.25, -0.2) is 0 Å². The van der Waals surface area contributed by atoms with Gasteiger partial charge in [0.15, 0.2) is 5.78 Å². The summed E-state index contributed by atoms with van der Waals surface area (Å²) in [5, 5.41) is 0. The van der Waals surface area contributed by atoms with Crippen LogP contribution in [0, 0.1) is 0 Å². The van der Waals surface area contributed by atoms with E-state index in [0.717, 1.165) is 16.9 Å². The zero-order chi connectivity index (χ0) is 16.8. The molecular formula is C21H20O2. The van der Waals surface area contributed by atoms with E-state index in [1.54, 1.807) is 30.3 Å². The van der Waals surface area contributed by atoms with Gasteiger partial charge in [0, 0.05) is 11.1 Å². The monoisotopic (exact) mass is 304 g/mol. The Kier molecular flexibility index (Phi) is 5.32. The lowest BCUT2D eigenvalue weighted by atomic mass is 9.97. The van der Waals surface area contributed by atoms with E-state index >= 15 is 0 Å². The number of benzene rings is 2. The summed E-state index contributed by atoms with van der Waals surface area (Å²) in [7, 11) is 0. The van der Waals surface area contributed by atoms with Gasteiger partial charge in [-0.05, 0) is 61.9 Å². The molecule has 2 heteroatoms. The summed E-state index contributed by atoms with van der Waals surface area (Å²) in [5.41, 5.74) is 2.72. The Bertz CT molecular complexity index is 750. The predicted molar refractivity (Wildman–Crippen MR) is 95.0 cm³/mol. The first-order valence-electron chi connectivity index (χ1n) is 7.38. The Hall–Kier alpha value is -2.87. The summed E-state index contributed by atoms with van der Waals surface area (Å²) in [6, 6.07) is 16.6. The first kappa shape index (κ1) is 16.5. The second kappa shape index (κ2) is 7.41. The van der Waals surface area contributed by atoms with Crippen molar-refractivity contribution < 1.29 is 9.53 Å². The van der Waals surface area contributed by atoms with Crippen molar-refractivity contribution in [3.8, 4) is 11.5 Å². The number of carbonyl (C=O) groups is 1. The highest BCUT2D eigenvalue weighted by atomic mass is 16.5. The van der Waals surface area contributed by atoms with Crippen LogP contribution in [0.4, 0.5) is 0 Å². The topological polar surface area (TPSA) is 26.3 Å². The molecule has 0 fully saturated rings. The number of hydrogen-bond acceptors (Lipinski definition) is 2. The van der Waals surface area contributed by atoms with Crippen LogP contribution in [0.25, 0.3) is 0 Å². The van der Waals surface area contributed by atoms with Crippen molar-refractivity contribution in [1.29, 1.82) is 0 Å². The maximum Gasteiger partial charge on any atom is 0.193 e. The van der Waals surface area contributed by atoms with Crippen molar-refractivity contribution in [3.63, 3.8) is 0 Å². The van der Waals surface area contributed by atoms with E-state index in [0.29, 0.717) is 16.9 Å². The van der Waals surface area contributed by atoms with E-state index < -0.39 is 0 Å². The molecule has 2 aromatic carbocycles. The van der Waals surface area contributed by atoms with Crippen LogP contribution < -0.4 is 4.74 Å². The van der Waals surface area contributed by atoms with Crippen molar-refractivity contribution >= 4 is 5.78 Å². The van der Waals surface area contributed by atoms with Gasteiger partial charge in [0.2, 0.25) is 0 Å². The fourth-order valence-corrected chi connectivity index (χ4v) is 2.08. The largest absolute Gasteiger partial charge is 0.457 e. The zero-order valence-corrected chi connectivity index (χ0v) is 13.5. The van der Waals surface area contributed by atoms with Crippen LogP contribution in [0.3, 0.4) is 0 Å². The van der Waals surface area contributed by atoms with Gasteiger partial charge < -0.3 is 4.74 Å². The van der Waals surface area contributed by atoms with Crippen LogP contribution in [-0.2, 0) is 0 Å². The Labute approximate surface area is 137 Å². The van der Waals surface area contributed by atoms with Gasteiger partial charge in [-0.15, -0.1) is 0 Å². The molecule has 0 aliphatic carbocycles. The minimum atomic E-state index is -0.0632. The van der Waals surface area contributed by atoms with Gasteiger partial charge in [0.05, 0.1) is 0 Å². The molecule has 0 saturated carbocycles. The molecule has 116 valence electrons. The van der Waals surface area contributed by atoms with Crippen LogP contribution in [0.2, 0.25) is 0 Å². The lowest BCUT2D eigenvalue weighted by Crippen LogP contribution is -2.04. The summed E-state index contributed by atoms with van der Waals surface area (Å²) in [5.74, 6) is 1.39. The third-order valence-electron chi connectivity index (χ3n) is 3.19. The SMILES string of the molecule is C=C(C)/C=C(\C(=C)C)C(=O)c1ccc(Oc2ccccc2)cc1. The first-order chi connectivity index (χ1) is 11.0. The summed E-state index contributed by atoms with van der Waals surface area (Å²) in [6.45, 7) is 11.4. The second-order valence-electron chi connectivity index (χ2n) is 5.45. The normalized spacial score (nSPS) is 11.0. The van der Waals surface area contributed by atoms with Crippen LogP contribution in [0.1, 0.15) is 24.2 Å². The fourth-order valence-electron chi connectivity index (χ4n) is 2.08. The van der Waals surface area contributed by atoms with Gasteiger partial charge in [-0.2, -0.15) is 0 Å². The number of rotatable bonds is 6. The molecule has 0 aliphatic rings. The van der Waals surface area contributed by atoms with Crippen molar-refractivity contribution in [1.82, 2.24) is 0 Å². The Morgan fingerprint density at radius 1 is 0.913 bits per heavy atom. The molecule has 0 radical (unpaired) electrons. The average Bonchev–Trinajstić information content (AvgIpc) is 2.53. The van der Waals surface area contributed by atoms with Crippen molar-refractivity contribution in [2.45, 2.75) is 13.8 Å². The first-order valence-corrected chi connectivity index (χ1v) is 7.38. The van der Waals surface area contributed by atoms with Gasteiger partial charge in [-0.1, -0.05) is 36.9 Å². The molecule has 0 aromatic heterocycles. The molecule has 2 rings (SSSR count).